The van der Waals surface area contributed by atoms with Gasteiger partial charge in [0.15, 0.2) is 0 Å². The van der Waals surface area contributed by atoms with Gasteiger partial charge in [0.25, 0.3) is 0 Å². The molecule has 20 heavy (non-hydrogen) atoms. The Labute approximate surface area is 122 Å². The van der Waals surface area contributed by atoms with Crippen LogP contribution in [0.2, 0.25) is 0 Å². The first-order valence-electron chi connectivity index (χ1n) is 8.41. The molecular formula is C16H30N2O2. The highest BCUT2D eigenvalue weighted by atomic mass is 16.5. The Kier molecular flexibility index (Phi) is 4.37. The van der Waals surface area contributed by atoms with E-state index >= 15 is 0 Å². The van der Waals surface area contributed by atoms with E-state index in [1.54, 1.807) is 0 Å². The molecular weight excluding hydrogens is 252 g/mol. The minimum Gasteiger partial charge on any atom is -0.394 e. The van der Waals surface area contributed by atoms with Gasteiger partial charge in [-0.15, -0.1) is 0 Å². The van der Waals surface area contributed by atoms with Crippen molar-refractivity contribution in [3.05, 3.63) is 0 Å². The SMILES string of the molecule is CCC1COC(C)CN1CC(CO)(NC1CC1)C1CC1. The molecule has 3 fully saturated rings. The molecule has 4 heteroatoms. The number of hydrogen-bond acceptors (Lipinski definition) is 4. The standard InChI is InChI=1S/C16H30N2O2/c1-3-15-9-20-12(2)8-18(15)10-16(11-19,13-4-5-13)17-14-6-7-14/h12-15,17,19H,3-11H2,1-2H3. The number of ether oxygens (including phenoxy) is 1. The third-order valence-electron chi connectivity index (χ3n) is 5.25. The van der Waals surface area contributed by atoms with Crippen LogP contribution in [-0.2, 0) is 4.74 Å². The van der Waals surface area contributed by atoms with Crippen molar-refractivity contribution < 1.29 is 9.84 Å². The summed E-state index contributed by atoms with van der Waals surface area (Å²) in [6.45, 7) is 7.49. The molecule has 116 valence electrons. The molecule has 2 aliphatic carbocycles. The van der Waals surface area contributed by atoms with Crippen molar-refractivity contribution >= 4 is 0 Å². The van der Waals surface area contributed by atoms with Crippen LogP contribution < -0.4 is 5.32 Å². The van der Waals surface area contributed by atoms with E-state index in [1.165, 1.54) is 25.7 Å². The molecule has 4 nitrogen and oxygen atoms in total. The first kappa shape index (κ1) is 14.8. The third-order valence-corrected chi connectivity index (χ3v) is 5.25. The number of morpholine rings is 1. The van der Waals surface area contributed by atoms with Gasteiger partial charge in [-0.2, -0.15) is 0 Å². The molecule has 3 aliphatic rings. The zero-order chi connectivity index (χ0) is 14.2. The van der Waals surface area contributed by atoms with E-state index in [0.29, 0.717) is 24.1 Å². The van der Waals surface area contributed by atoms with Crippen LogP contribution in [0.3, 0.4) is 0 Å². The van der Waals surface area contributed by atoms with Crippen LogP contribution in [0.25, 0.3) is 0 Å². The minimum absolute atomic E-state index is 0.0638. The van der Waals surface area contributed by atoms with E-state index in [0.717, 1.165) is 26.1 Å². The van der Waals surface area contributed by atoms with Crippen LogP contribution in [-0.4, -0.2) is 60.0 Å². The second-order valence-electron chi connectivity index (χ2n) is 7.14. The molecule has 3 atom stereocenters. The molecule has 0 spiro atoms. The molecule has 0 aromatic heterocycles. The van der Waals surface area contributed by atoms with Gasteiger partial charge < -0.3 is 15.2 Å². The maximum Gasteiger partial charge on any atom is 0.0674 e. The monoisotopic (exact) mass is 282 g/mol. The first-order chi connectivity index (χ1) is 9.66. The number of nitrogens with one attached hydrogen (secondary N) is 1. The Balaban J connectivity index is 1.69. The van der Waals surface area contributed by atoms with Crippen LogP contribution in [0.5, 0.6) is 0 Å². The van der Waals surface area contributed by atoms with E-state index in [9.17, 15) is 5.11 Å². The van der Waals surface area contributed by atoms with Crippen molar-refractivity contribution in [1.82, 2.24) is 10.2 Å². The zero-order valence-corrected chi connectivity index (χ0v) is 13.0. The number of aliphatic hydroxyl groups excluding tert-OH is 1. The third kappa shape index (κ3) is 3.19. The second-order valence-corrected chi connectivity index (χ2v) is 7.14. The average molecular weight is 282 g/mol. The Morgan fingerprint density at radius 3 is 2.60 bits per heavy atom. The highest BCUT2D eigenvalue weighted by Gasteiger charge is 2.49. The number of nitrogens with zero attached hydrogens (tertiary/aromatic N) is 1. The maximum atomic E-state index is 10.1. The summed E-state index contributed by atoms with van der Waals surface area (Å²) in [6.07, 6.45) is 6.56. The number of hydrogen-bond donors (Lipinski definition) is 2. The maximum absolute atomic E-state index is 10.1. The fourth-order valence-electron chi connectivity index (χ4n) is 3.63. The molecule has 0 radical (unpaired) electrons. The van der Waals surface area contributed by atoms with Crippen LogP contribution in [0.15, 0.2) is 0 Å². The highest BCUT2D eigenvalue weighted by Crippen LogP contribution is 2.42. The molecule has 2 N–H and O–H groups in total. The molecule has 3 rings (SSSR count). The lowest BCUT2D eigenvalue weighted by Gasteiger charge is -2.45. The lowest BCUT2D eigenvalue weighted by Crippen LogP contribution is -2.62. The van der Waals surface area contributed by atoms with Crippen molar-refractivity contribution in [2.45, 2.75) is 69.7 Å². The molecule has 0 aromatic carbocycles. The Morgan fingerprint density at radius 1 is 1.30 bits per heavy atom. The summed E-state index contributed by atoms with van der Waals surface area (Å²) < 4.78 is 5.80. The molecule has 0 bridgehead atoms. The van der Waals surface area contributed by atoms with Gasteiger partial charge in [-0.05, 0) is 44.9 Å². The van der Waals surface area contributed by atoms with Gasteiger partial charge in [0.1, 0.15) is 0 Å². The topological polar surface area (TPSA) is 44.7 Å². The first-order valence-corrected chi connectivity index (χ1v) is 8.41. The van der Waals surface area contributed by atoms with E-state index < -0.39 is 0 Å². The Hall–Kier alpha value is -0.160. The van der Waals surface area contributed by atoms with E-state index in [1.807, 2.05) is 0 Å². The summed E-state index contributed by atoms with van der Waals surface area (Å²) in [5, 5.41) is 13.9. The van der Waals surface area contributed by atoms with Gasteiger partial charge in [0, 0.05) is 25.2 Å². The molecule has 1 heterocycles. The largest absolute Gasteiger partial charge is 0.394 e. The summed E-state index contributed by atoms with van der Waals surface area (Å²) in [5.41, 5.74) is -0.0638. The predicted molar refractivity (Wildman–Crippen MR) is 79.8 cm³/mol. The lowest BCUT2D eigenvalue weighted by molar-refractivity contribution is -0.0703. The number of rotatable bonds is 7. The highest BCUT2D eigenvalue weighted by molar-refractivity contribution is 5.07. The second kappa shape index (κ2) is 5.91. The Bertz CT molecular complexity index is 330. The molecule has 3 unspecified atom stereocenters. The molecule has 1 aliphatic heterocycles. The van der Waals surface area contributed by atoms with Gasteiger partial charge >= 0.3 is 0 Å². The smallest absolute Gasteiger partial charge is 0.0674 e. The van der Waals surface area contributed by atoms with Crippen LogP contribution in [0.1, 0.15) is 46.0 Å². The fourth-order valence-corrected chi connectivity index (χ4v) is 3.63. The van der Waals surface area contributed by atoms with Crippen molar-refractivity contribution in [2.24, 2.45) is 5.92 Å². The predicted octanol–water partition coefficient (Wildman–Crippen LogP) is 1.38. The van der Waals surface area contributed by atoms with Gasteiger partial charge in [-0.3, -0.25) is 4.90 Å². The van der Waals surface area contributed by atoms with Gasteiger partial charge in [0.2, 0.25) is 0 Å². The summed E-state index contributed by atoms with van der Waals surface area (Å²) in [4.78, 5) is 2.57. The van der Waals surface area contributed by atoms with Crippen molar-refractivity contribution in [2.75, 3.05) is 26.3 Å². The Morgan fingerprint density at radius 2 is 2.05 bits per heavy atom. The van der Waals surface area contributed by atoms with E-state index in [4.69, 9.17) is 4.74 Å². The fraction of sp³-hybridized carbons (Fsp3) is 1.00. The summed E-state index contributed by atoms with van der Waals surface area (Å²) in [6, 6.07) is 1.16. The molecule has 0 aromatic rings. The van der Waals surface area contributed by atoms with Crippen molar-refractivity contribution in [1.29, 1.82) is 0 Å². The lowest BCUT2D eigenvalue weighted by atomic mass is 9.91. The van der Waals surface area contributed by atoms with Crippen LogP contribution >= 0.6 is 0 Å². The molecule has 2 saturated carbocycles. The van der Waals surface area contributed by atoms with Gasteiger partial charge in [0.05, 0.1) is 24.9 Å². The molecule has 1 saturated heterocycles. The summed E-state index contributed by atoms with van der Waals surface area (Å²) in [5.74, 6) is 0.670. The van der Waals surface area contributed by atoms with Crippen molar-refractivity contribution in [3.63, 3.8) is 0 Å². The van der Waals surface area contributed by atoms with E-state index in [-0.39, 0.29) is 12.1 Å². The average Bonchev–Trinajstić information content (AvgIpc) is 3.30. The van der Waals surface area contributed by atoms with Crippen LogP contribution in [0.4, 0.5) is 0 Å². The molecule has 0 amide bonds. The minimum atomic E-state index is -0.0638. The van der Waals surface area contributed by atoms with E-state index in [2.05, 4.69) is 24.1 Å². The van der Waals surface area contributed by atoms with Gasteiger partial charge in [-0.1, -0.05) is 6.92 Å². The quantitative estimate of drug-likeness (QED) is 0.740. The van der Waals surface area contributed by atoms with Crippen LogP contribution in [0, 0.1) is 5.92 Å². The van der Waals surface area contributed by atoms with Gasteiger partial charge in [-0.25, -0.2) is 0 Å². The number of aliphatic hydroxyl groups is 1. The summed E-state index contributed by atoms with van der Waals surface area (Å²) >= 11 is 0. The van der Waals surface area contributed by atoms with Crippen molar-refractivity contribution in [3.8, 4) is 0 Å². The summed E-state index contributed by atoms with van der Waals surface area (Å²) in [7, 11) is 0. The zero-order valence-electron chi connectivity index (χ0n) is 13.0. The normalized spacial score (nSPS) is 35.0.